The Morgan fingerprint density at radius 3 is 2.64 bits per heavy atom. The number of nitro groups is 1. The van der Waals surface area contributed by atoms with Crippen molar-refractivity contribution in [3.8, 4) is 0 Å². The predicted molar refractivity (Wildman–Crippen MR) is 46.5 cm³/mol. The standard InChI is InChI=1S/C9H7NO4/c11-9-5-8(14-9)6-3-1-2-4-7(6)10(12)13/h1-4,8H,5H2. The second kappa shape index (κ2) is 3.10. The van der Waals surface area contributed by atoms with Crippen LogP contribution in [-0.2, 0) is 9.53 Å². The van der Waals surface area contributed by atoms with Gasteiger partial charge >= 0.3 is 5.97 Å². The number of hydrogen-bond donors (Lipinski definition) is 0. The number of benzene rings is 1. The van der Waals surface area contributed by atoms with Gasteiger partial charge in [-0.1, -0.05) is 12.1 Å². The molecule has 1 saturated heterocycles. The highest BCUT2D eigenvalue weighted by atomic mass is 16.6. The molecule has 1 unspecified atom stereocenters. The molecule has 0 radical (unpaired) electrons. The number of carbonyl (C=O) groups is 1. The molecule has 0 aromatic heterocycles. The van der Waals surface area contributed by atoms with Crippen LogP contribution in [0.4, 0.5) is 5.69 Å². The second-order valence-corrected chi connectivity index (χ2v) is 3.00. The van der Waals surface area contributed by atoms with Gasteiger partial charge in [-0.25, -0.2) is 0 Å². The third-order valence-corrected chi connectivity index (χ3v) is 2.11. The topological polar surface area (TPSA) is 69.4 Å². The Morgan fingerprint density at radius 2 is 2.07 bits per heavy atom. The number of nitrogens with zero attached hydrogens (tertiary/aromatic N) is 1. The molecular weight excluding hydrogens is 186 g/mol. The van der Waals surface area contributed by atoms with E-state index in [0.29, 0.717) is 5.56 Å². The van der Waals surface area contributed by atoms with Crippen molar-refractivity contribution >= 4 is 11.7 Å². The average molecular weight is 193 g/mol. The Kier molecular flexibility index (Phi) is 1.92. The van der Waals surface area contributed by atoms with Gasteiger partial charge < -0.3 is 4.74 Å². The van der Waals surface area contributed by atoms with Crippen LogP contribution in [0.2, 0.25) is 0 Å². The first-order chi connectivity index (χ1) is 6.68. The third-order valence-electron chi connectivity index (χ3n) is 2.11. The summed E-state index contributed by atoms with van der Waals surface area (Å²) in [7, 11) is 0. The first kappa shape index (κ1) is 8.68. The minimum absolute atomic E-state index is 0.00463. The third kappa shape index (κ3) is 1.32. The number of esters is 1. The van der Waals surface area contributed by atoms with Crippen LogP contribution >= 0.6 is 0 Å². The van der Waals surface area contributed by atoms with Crippen LogP contribution in [0, 0.1) is 10.1 Å². The highest BCUT2D eigenvalue weighted by Gasteiger charge is 2.34. The minimum Gasteiger partial charge on any atom is -0.456 e. The molecule has 0 spiro atoms. The van der Waals surface area contributed by atoms with E-state index in [1.54, 1.807) is 18.2 Å². The Morgan fingerprint density at radius 1 is 1.43 bits per heavy atom. The maximum Gasteiger partial charge on any atom is 0.310 e. The first-order valence-corrected chi connectivity index (χ1v) is 4.11. The van der Waals surface area contributed by atoms with E-state index in [0.717, 1.165) is 0 Å². The van der Waals surface area contributed by atoms with Crippen LogP contribution in [0.5, 0.6) is 0 Å². The fourth-order valence-electron chi connectivity index (χ4n) is 1.40. The number of rotatable bonds is 2. The van der Waals surface area contributed by atoms with E-state index in [-0.39, 0.29) is 18.1 Å². The van der Waals surface area contributed by atoms with Crippen molar-refractivity contribution in [2.45, 2.75) is 12.5 Å². The monoisotopic (exact) mass is 193 g/mol. The van der Waals surface area contributed by atoms with Crippen LogP contribution in [0.25, 0.3) is 0 Å². The van der Waals surface area contributed by atoms with Crippen molar-refractivity contribution in [1.29, 1.82) is 0 Å². The van der Waals surface area contributed by atoms with Crippen LogP contribution < -0.4 is 0 Å². The van der Waals surface area contributed by atoms with Gasteiger partial charge in [-0.3, -0.25) is 14.9 Å². The lowest BCUT2D eigenvalue weighted by atomic mass is 10.0. The molecule has 1 fully saturated rings. The Balaban J connectivity index is 2.32. The molecule has 1 aromatic carbocycles. The van der Waals surface area contributed by atoms with E-state index in [1.807, 2.05) is 0 Å². The molecule has 1 heterocycles. The Bertz CT molecular complexity index is 394. The number of hydrogen-bond acceptors (Lipinski definition) is 4. The van der Waals surface area contributed by atoms with Crippen LogP contribution in [0.15, 0.2) is 24.3 Å². The van der Waals surface area contributed by atoms with Crippen molar-refractivity contribution in [1.82, 2.24) is 0 Å². The lowest BCUT2D eigenvalue weighted by Crippen LogP contribution is -2.25. The lowest BCUT2D eigenvalue weighted by Gasteiger charge is -2.25. The van der Waals surface area contributed by atoms with Crippen LogP contribution in [0.1, 0.15) is 18.1 Å². The molecule has 0 aliphatic carbocycles. The van der Waals surface area contributed by atoms with Gasteiger partial charge in [-0.15, -0.1) is 0 Å². The summed E-state index contributed by atoms with van der Waals surface area (Å²) in [6.45, 7) is 0. The summed E-state index contributed by atoms with van der Waals surface area (Å²) in [5.74, 6) is -0.312. The highest BCUT2D eigenvalue weighted by Crippen LogP contribution is 2.35. The minimum atomic E-state index is -0.471. The molecule has 1 aromatic rings. The molecule has 0 amide bonds. The summed E-state index contributed by atoms with van der Waals surface area (Å²) < 4.78 is 4.77. The molecule has 1 atom stereocenters. The SMILES string of the molecule is O=C1CC(c2ccccc2[N+](=O)[O-])O1. The molecule has 0 bridgehead atoms. The molecule has 2 rings (SSSR count). The Hall–Kier alpha value is -1.91. The molecule has 0 saturated carbocycles. The number of cyclic esters (lactones) is 1. The van der Waals surface area contributed by atoms with Crippen molar-refractivity contribution in [3.05, 3.63) is 39.9 Å². The summed E-state index contributed by atoms with van der Waals surface area (Å²) in [5.41, 5.74) is 0.474. The molecule has 1 aliphatic rings. The quantitative estimate of drug-likeness (QED) is 0.406. The van der Waals surface area contributed by atoms with E-state index in [4.69, 9.17) is 4.74 Å². The summed E-state index contributed by atoms with van der Waals surface area (Å²) in [4.78, 5) is 20.7. The predicted octanol–water partition coefficient (Wildman–Crippen LogP) is 1.58. The second-order valence-electron chi connectivity index (χ2n) is 3.00. The van der Waals surface area contributed by atoms with Gasteiger partial charge in [0.15, 0.2) is 0 Å². The maximum absolute atomic E-state index is 10.6. The summed E-state index contributed by atoms with van der Waals surface area (Å²) >= 11 is 0. The van der Waals surface area contributed by atoms with Gasteiger partial charge in [0.05, 0.1) is 16.9 Å². The van der Waals surface area contributed by atoms with Gasteiger partial charge in [0.1, 0.15) is 6.10 Å². The van der Waals surface area contributed by atoms with E-state index in [2.05, 4.69) is 0 Å². The fraction of sp³-hybridized carbons (Fsp3) is 0.222. The van der Waals surface area contributed by atoms with E-state index < -0.39 is 11.0 Å². The van der Waals surface area contributed by atoms with E-state index in [1.165, 1.54) is 6.07 Å². The molecular formula is C9H7NO4. The zero-order valence-corrected chi connectivity index (χ0v) is 7.17. The number of nitro benzene ring substituents is 1. The van der Waals surface area contributed by atoms with Crippen molar-refractivity contribution < 1.29 is 14.5 Å². The van der Waals surface area contributed by atoms with Crippen LogP contribution in [-0.4, -0.2) is 10.9 Å². The normalized spacial score (nSPS) is 19.7. The number of para-hydroxylation sites is 1. The average Bonchev–Trinajstić information content (AvgIpc) is 2.13. The smallest absolute Gasteiger partial charge is 0.310 e. The van der Waals surface area contributed by atoms with Crippen LogP contribution in [0.3, 0.4) is 0 Å². The van der Waals surface area contributed by atoms with Gasteiger partial charge in [0.2, 0.25) is 0 Å². The number of ether oxygens (including phenoxy) is 1. The zero-order valence-electron chi connectivity index (χ0n) is 7.17. The van der Waals surface area contributed by atoms with Gasteiger partial charge in [0.25, 0.3) is 5.69 Å². The molecule has 72 valence electrons. The van der Waals surface area contributed by atoms with Gasteiger partial charge in [-0.2, -0.15) is 0 Å². The summed E-state index contributed by atoms with van der Waals surface area (Å²) in [6.07, 6.45) is -0.214. The van der Waals surface area contributed by atoms with E-state index in [9.17, 15) is 14.9 Å². The van der Waals surface area contributed by atoms with Gasteiger partial charge in [-0.05, 0) is 6.07 Å². The number of carbonyl (C=O) groups excluding carboxylic acids is 1. The van der Waals surface area contributed by atoms with Crippen molar-refractivity contribution in [3.63, 3.8) is 0 Å². The first-order valence-electron chi connectivity index (χ1n) is 4.11. The van der Waals surface area contributed by atoms with E-state index >= 15 is 0 Å². The molecule has 0 N–H and O–H groups in total. The highest BCUT2D eigenvalue weighted by molar-refractivity contribution is 5.76. The van der Waals surface area contributed by atoms with Gasteiger partial charge in [0, 0.05) is 6.07 Å². The summed E-state index contributed by atoms with van der Waals surface area (Å²) in [6, 6.07) is 6.29. The molecule has 14 heavy (non-hydrogen) atoms. The molecule has 5 nitrogen and oxygen atoms in total. The largest absolute Gasteiger partial charge is 0.456 e. The van der Waals surface area contributed by atoms with Crippen molar-refractivity contribution in [2.75, 3.05) is 0 Å². The van der Waals surface area contributed by atoms with Crippen molar-refractivity contribution in [2.24, 2.45) is 0 Å². The molecule has 5 heteroatoms. The molecule has 1 aliphatic heterocycles. The summed E-state index contributed by atoms with van der Waals surface area (Å²) in [5, 5.41) is 10.6. The lowest BCUT2D eigenvalue weighted by molar-refractivity contribution is -0.386. The zero-order chi connectivity index (χ0) is 10.1. The fourth-order valence-corrected chi connectivity index (χ4v) is 1.40. The Labute approximate surface area is 79.4 Å². The maximum atomic E-state index is 10.6.